The third kappa shape index (κ3) is 2.16. The lowest BCUT2D eigenvalue weighted by molar-refractivity contribution is -0.146. The second kappa shape index (κ2) is 5.13. The van der Waals surface area contributed by atoms with Gasteiger partial charge in [0.1, 0.15) is 6.10 Å². The van der Waals surface area contributed by atoms with E-state index in [-0.39, 0.29) is 12.7 Å². The Balaban J connectivity index is 2.07. The lowest BCUT2D eigenvalue weighted by Gasteiger charge is -2.29. The maximum Gasteiger partial charge on any atom is 0.222 e. The van der Waals surface area contributed by atoms with Crippen LogP contribution in [-0.4, -0.2) is 24.4 Å². The number of hydrogen-bond acceptors (Lipinski definition) is 3. The van der Waals surface area contributed by atoms with E-state index in [0.717, 1.165) is 11.1 Å². The van der Waals surface area contributed by atoms with Gasteiger partial charge in [-0.15, -0.1) is 0 Å². The fourth-order valence-corrected chi connectivity index (χ4v) is 2.39. The molecule has 2 aromatic rings. The molecule has 1 unspecified atom stereocenters. The maximum atomic E-state index is 9.29. The molecule has 1 atom stereocenters. The molecule has 1 saturated heterocycles. The van der Waals surface area contributed by atoms with Crippen LogP contribution in [0.3, 0.4) is 0 Å². The highest BCUT2D eigenvalue weighted by Gasteiger charge is 2.44. The van der Waals surface area contributed by atoms with Crippen molar-refractivity contribution in [2.75, 3.05) is 13.2 Å². The number of ether oxygens (including phenoxy) is 2. The molecule has 1 fully saturated rings. The Kier molecular flexibility index (Phi) is 3.34. The van der Waals surface area contributed by atoms with Gasteiger partial charge in [0, 0.05) is 11.1 Å². The van der Waals surface area contributed by atoms with Crippen LogP contribution in [0.15, 0.2) is 60.7 Å². The normalized spacial score (nSPS) is 21.4. The predicted molar refractivity (Wildman–Crippen MR) is 71.6 cm³/mol. The van der Waals surface area contributed by atoms with Crippen molar-refractivity contribution < 1.29 is 14.6 Å². The van der Waals surface area contributed by atoms with Crippen LogP contribution in [0.5, 0.6) is 0 Å². The zero-order chi connectivity index (χ0) is 13.1. The SMILES string of the molecule is OCC1COC(c2ccccc2)(c2ccccc2)O1. The Morgan fingerprint density at radius 2 is 1.47 bits per heavy atom. The number of aliphatic hydroxyl groups is 1. The molecule has 3 nitrogen and oxygen atoms in total. The molecule has 0 aliphatic carbocycles. The Hall–Kier alpha value is -1.68. The molecule has 98 valence electrons. The molecule has 1 aliphatic heterocycles. The molecule has 0 spiro atoms. The van der Waals surface area contributed by atoms with E-state index < -0.39 is 5.79 Å². The summed E-state index contributed by atoms with van der Waals surface area (Å²) in [5.41, 5.74) is 1.88. The molecular weight excluding hydrogens is 240 g/mol. The number of rotatable bonds is 3. The molecule has 0 saturated carbocycles. The lowest BCUT2D eigenvalue weighted by atomic mass is 9.97. The maximum absolute atomic E-state index is 9.29. The summed E-state index contributed by atoms with van der Waals surface area (Å²) in [6.07, 6.45) is -0.291. The highest BCUT2D eigenvalue weighted by molar-refractivity contribution is 5.34. The van der Waals surface area contributed by atoms with E-state index in [4.69, 9.17) is 9.47 Å². The quantitative estimate of drug-likeness (QED) is 0.915. The van der Waals surface area contributed by atoms with Gasteiger partial charge in [-0.3, -0.25) is 0 Å². The second-order valence-corrected chi connectivity index (χ2v) is 4.58. The number of aliphatic hydroxyl groups excluding tert-OH is 1. The van der Waals surface area contributed by atoms with Crippen molar-refractivity contribution in [3.05, 3.63) is 71.8 Å². The van der Waals surface area contributed by atoms with Crippen LogP contribution in [0.2, 0.25) is 0 Å². The first-order valence-corrected chi connectivity index (χ1v) is 6.39. The molecule has 2 aromatic carbocycles. The molecule has 0 amide bonds. The van der Waals surface area contributed by atoms with Crippen molar-refractivity contribution >= 4 is 0 Å². The van der Waals surface area contributed by atoms with Crippen molar-refractivity contribution in [3.63, 3.8) is 0 Å². The Morgan fingerprint density at radius 1 is 0.947 bits per heavy atom. The average Bonchev–Trinajstić information content (AvgIpc) is 2.95. The molecule has 0 radical (unpaired) electrons. The first-order valence-electron chi connectivity index (χ1n) is 6.39. The van der Waals surface area contributed by atoms with E-state index in [0.29, 0.717) is 6.61 Å². The molecular formula is C16H16O3. The Bertz CT molecular complexity index is 485. The third-order valence-electron chi connectivity index (χ3n) is 3.32. The fourth-order valence-electron chi connectivity index (χ4n) is 2.39. The van der Waals surface area contributed by atoms with Crippen molar-refractivity contribution in [1.29, 1.82) is 0 Å². The summed E-state index contributed by atoms with van der Waals surface area (Å²) < 4.78 is 11.9. The standard InChI is InChI=1S/C16H16O3/c17-11-15-12-18-16(19-15,13-7-3-1-4-8-13)14-9-5-2-6-10-14/h1-10,15,17H,11-12H2. The monoisotopic (exact) mass is 256 g/mol. The van der Waals surface area contributed by atoms with Crippen LogP contribution in [0.25, 0.3) is 0 Å². The van der Waals surface area contributed by atoms with E-state index in [2.05, 4.69) is 0 Å². The molecule has 0 aromatic heterocycles. The largest absolute Gasteiger partial charge is 0.394 e. The first kappa shape index (κ1) is 12.4. The van der Waals surface area contributed by atoms with Gasteiger partial charge in [-0.2, -0.15) is 0 Å². The van der Waals surface area contributed by atoms with Crippen LogP contribution < -0.4 is 0 Å². The highest BCUT2D eigenvalue weighted by atomic mass is 16.7. The van der Waals surface area contributed by atoms with E-state index in [1.54, 1.807) is 0 Å². The molecule has 19 heavy (non-hydrogen) atoms. The smallest absolute Gasteiger partial charge is 0.222 e. The topological polar surface area (TPSA) is 38.7 Å². The van der Waals surface area contributed by atoms with E-state index in [9.17, 15) is 5.11 Å². The molecule has 1 N–H and O–H groups in total. The van der Waals surface area contributed by atoms with Gasteiger partial charge in [-0.25, -0.2) is 0 Å². The Morgan fingerprint density at radius 3 is 1.89 bits per heavy atom. The summed E-state index contributed by atoms with van der Waals surface area (Å²) in [5, 5.41) is 9.29. The van der Waals surface area contributed by atoms with Gasteiger partial charge in [0.25, 0.3) is 0 Å². The van der Waals surface area contributed by atoms with Crippen LogP contribution in [0.1, 0.15) is 11.1 Å². The summed E-state index contributed by atoms with van der Waals surface area (Å²) >= 11 is 0. The first-order chi connectivity index (χ1) is 9.35. The zero-order valence-corrected chi connectivity index (χ0v) is 10.5. The van der Waals surface area contributed by atoms with Gasteiger partial charge >= 0.3 is 0 Å². The van der Waals surface area contributed by atoms with Gasteiger partial charge in [-0.05, 0) is 0 Å². The van der Waals surface area contributed by atoms with Crippen molar-refractivity contribution in [2.45, 2.75) is 11.9 Å². The van der Waals surface area contributed by atoms with Gasteiger partial charge in [0.05, 0.1) is 13.2 Å². The minimum Gasteiger partial charge on any atom is -0.394 e. The van der Waals surface area contributed by atoms with Gasteiger partial charge in [0.15, 0.2) is 0 Å². The van der Waals surface area contributed by atoms with Crippen molar-refractivity contribution in [1.82, 2.24) is 0 Å². The fraction of sp³-hybridized carbons (Fsp3) is 0.250. The van der Waals surface area contributed by atoms with Crippen LogP contribution >= 0.6 is 0 Å². The average molecular weight is 256 g/mol. The van der Waals surface area contributed by atoms with E-state index in [1.165, 1.54) is 0 Å². The third-order valence-corrected chi connectivity index (χ3v) is 3.32. The summed E-state index contributed by atoms with van der Waals surface area (Å²) in [5.74, 6) is -0.907. The van der Waals surface area contributed by atoms with Gasteiger partial charge in [0.2, 0.25) is 5.79 Å². The van der Waals surface area contributed by atoms with E-state index >= 15 is 0 Å². The summed E-state index contributed by atoms with van der Waals surface area (Å²) in [6, 6.07) is 19.7. The predicted octanol–water partition coefficient (Wildman–Crippen LogP) is 2.30. The minimum absolute atomic E-state index is 0.0403. The lowest BCUT2D eigenvalue weighted by Crippen LogP contribution is -2.30. The zero-order valence-electron chi connectivity index (χ0n) is 10.5. The molecule has 1 aliphatic rings. The Labute approximate surface area is 112 Å². The molecule has 3 heteroatoms. The highest BCUT2D eigenvalue weighted by Crippen LogP contribution is 2.40. The van der Waals surface area contributed by atoms with Gasteiger partial charge < -0.3 is 14.6 Å². The molecule has 0 bridgehead atoms. The van der Waals surface area contributed by atoms with Crippen LogP contribution in [-0.2, 0) is 15.3 Å². The van der Waals surface area contributed by atoms with E-state index in [1.807, 2.05) is 60.7 Å². The van der Waals surface area contributed by atoms with Crippen LogP contribution in [0, 0.1) is 0 Å². The number of benzene rings is 2. The number of hydrogen-bond donors (Lipinski definition) is 1. The minimum atomic E-state index is -0.907. The molecule has 3 rings (SSSR count). The summed E-state index contributed by atoms with van der Waals surface area (Å²) in [4.78, 5) is 0. The van der Waals surface area contributed by atoms with Gasteiger partial charge in [-0.1, -0.05) is 60.7 Å². The summed E-state index contributed by atoms with van der Waals surface area (Å²) in [6.45, 7) is 0.349. The van der Waals surface area contributed by atoms with Crippen molar-refractivity contribution in [2.24, 2.45) is 0 Å². The van der Waals surface area contributed by atoms with Crippen LogP contribution in [0.4, 0.5) is 0 Å². The second-order valence-electron chi connectivity index (χ2n) is 4.58. The molecule has 1 heterocycles. The summed E-state index contributed by atoms with van der Waals surface area (Å²) in [7, 11) is 0. The van der Waals surface area contributed by atoms with Crippen molar-refractivity contribution in [3.8, 4) is 0 Å².